The summed E-state index contributed by atoms with van der Waals surface area (Å²) < 4.78 is 0. The van der Waals surface area contributed by atoms with E-state index in [9.17, 15) is 10.5 Å². The lowest BCUT2D eigenvalue weighted by atomic mass is 9.62. The van der Waals surface area contributed by atoms with Gasteiger partial charge in [-0.25, -0.2) is 0 Å². The summed E-state index contributed by atoms with van der Waals surface area (Å²) in [7, 11) is 0. The van der Waals surface area contributed by atoms with Crippen molar-refractivity contribution < 1.29 is 0 Å². The average Bonchev–Trinajstić information content (AvgIpc) is 2.94. The van der Waals surface area contributed by atoms with Gasteiger partial charge < -0.3 is 0 Å². The van der Waals surface area contributed by atoms with Crippen LogP contribution in [0.4, 0.5) is 0 Å². The van der Waals surface area contributed by atoms with Crippen LogP contribution in [-0.2, 0) is 11.8 Å². The summed E-state index contributed by atoms with van der Waals surface area (Å²) in [6, 6.07) is 21.2. The van der Waals surface area contributed by atoms with Gasteiger partial charge in [0, 0.05) is 5.92 Å². The summed E-state index contributed by atoms with van der Waals surface area (Å²) in [5, 5.41) is 19.8. The van der Waals surface area contributed by atoms with Crippen LogP contribution in [0.2, 0.25) is 0 Å². The van der Waals surface area contributed by atoms with E-state index in [1.54, 1.807) is 0 Å². The quantitative estimate of drug-likeness (QED) is 0.795. The summed E-state index contributed by atoms with van der Waals surface area (Å²) in [6.07, 6.45) is 4.72. The number of nitrogens with zero attached hydrogens (tertiary/aromatic N) is 2. The monoisotopic (exact) mass is 282 g/mol. The molecule has 2 nitrogen and oxygen atoms in total. The van der Waals surface area contributed by atoms with Gasteiger partial charge in [-0.1, -0.05) is 60.7 Å². The van der Waals surface area contributed by atoms with Crippen molar-refractivity contribution in [1.82, 2.24) is 0 Å². The summed E-state index contributed by atoms with van der Waals surface area (Å²) in [6.45, 7) is 0. The van der Waals surface area contributed by atoms with E-state index < -0.39 is 11.3 Å². The lowest BCUT2D eigenvalue weighted by molar-refractivity contribution is 0.411. The van der Waals surface area contributed by atoms with Gasteiger partial charge in [0.05, 0.1) is 18.1 Å². The fourth-order valence-corrected chi connectivity index (χ4v) is 4.13. The predicted octanol–water partition coefficient (Wildman–Crippen LogP) is 3.95. The summed E-state index contributed by atoms with van der Waals surface area (Å²) in [5.41, 5.74) is 3.74. The summed E-state index contributed by atoms with van der Waals surface area (Å²) >= 11 is 0. The van der Waals surface area contributed by atoms with E-state index in [1.807, 2.05) is 42.5 Å². The highest BCUT2D eigenvalue weighted by Crippen LogP contribution is 2.56. The van der Waals surface area contributed by atoms with Crippen molar-refractivity contribution in [2.24, 2.45) is 5.92 Å². The molecule has 3 atom stereocenters. The lowest BCUT2D eigenvalue weighted by Crippen LogP contribution is -2.37. The van der Waals surface area contributed by atoms with Crippen molar-refractivity contribution in [3.8, 4) is 12.1 Å². The number of allylic oxidation sites excluding steroid dienone is 1. The molecule has 0 heterocycles. The molecule has 0 spiro atoms. The third kappa shape index (κ3) is 1.47. The van der Waals surface area contributed by atoms with Crippen molar-refractivity contribution in [2.45, 2.75) is 17.8 Å². The highest BCUT2D eigenvalue weighted by molar-refractivity contribution is 5.69. The molecule has 2 aromatic rings. The average molecular weight is 282 g/mol. The molecule has 0 bridgehead atoms. The second kappa shape index (κ2) is 4.58. The van der Waals surface area contributed by atoms with Crippen LogP contribution in [0, 0.1) is 28.6 Å². The van der Waals surface area contributed by atoms with Gasteiger partial charge in [-0.2, -0.15) is 10.5 Å². The molecule has 2 unspecified atom stereocenters. The van der Waals surface area contributed by atoms with Crippen molar-refractivity contribution >= 4 is 6.08 Å². The Hall–Kier alpha value is -2.84. The number of benzene rings is 2. The molecule has 0 saturated carbocycles. The molecule has 2 heteroatoms. The minimum absolute atomic E-state index is 0.0319. The van der Waals surface area contributed by atoms with Crippen LogP contribution >= 0.6 is 0 Å². The van der Waals surface area contributed by atoms with Gasteiger partial charge in [-0.3, -0.25) is 0 Å². The maximum absolute atomic E-state index is 10.1. The molecule has 0 fully saturated rings. The van der Waals surface area contributed by atoms with Crippen molar-refractivity contribution in [2.75, 3.05) is 0 Å². The Morgan fingerprint density at radius 1 is 1.00 bits per heavy atom. The van der Waals surface area contributed by atoms with Gasteiger partial charge in [0.1, 0.15) is 5.41 Å². The number of rotatable bonds is 1. The first-order valence-electron chi connectivity index (χ1n) is 7.47. The number of hydrogen-bond acceptors (Lipinski definition) is 2. The van der Waals surface area contributed by atoms with Crippen LogP contribution < -0.4 is 0 Å². The predicted molar refractivity (Wildman–Crippen MR) is 84.8 cm³/mol. The fourth-order valence-electron chi connectivity index (χ4n) is 4.13. The SMILES string of the molecule is N#CC1C=Cc2cccc3c2[C@@]1(C#N)C(c1ccccc1)C3. The molecule has 104 valence electrons. The third-order valence-electron chi connectivity index (χ3n) is 5.06. The van der Waals surface area contributed by atoms with E-state index >= 15 is 0 Å². The third-order valence-corrected chi connectivity index (χ3v) is 5.06. The smallest absolute Gasteiger partial charge is 0.109 e. The standard InChI is InChI=1S/C20H14N2/c21-12-17-10-9-15-7-4-8-16-11-18(14-5-2-1-3-6-14)20(17,13-22)19(15)16/h1-10,17-18H,11H2/t17?,18?,20-/m1/s1. The molecule has 4 rings (SSSR count). The molecule has 0 radical (unpaired) electrons. The van der Waals surface area contributed by atoms with E-state index in [4.69, 9.17) is 0 Å². The summed E-state index contributed by atoms with van der Waals surface area (Å²) in [4.78, 5) is 0. The summed E-state index contributed by atoms with van der Waals surface area (Å²) in [5.74, 6) is -0.372. The van der Waals surface area contributed by atoms with E-state index in [-0.39, 0.29) is 5.92 Å². The second-order valence-corrected chi connectivity index (χ2v) is 6.00. The van der Waals surface area contributed by atoms with Crippen LogP contribution in [0.1, 0.15) is 28.2 Å². The fraction of sp³-hybridized carbons (Fsp3) is 0.200. The molecule has 2 aliphatic rings. The molecule has 0 saturated heterocycles. The van der Waals surface area contributed by atoms with Gasteiger partial charge in [-0.15, -0.1) is 0 Å². The van der Waals surface area contributed by atoms with Gasteiger partial charge >= 0.3 is 0 Å². The Morgan fingerprint density at radius 3 is 2.55 bits per heavy atom. The first kappa shape index (κ1) is 12.9. The van der Waals surface area contributed by atoms with Gasteiger partial charge in [0.25, 0.3) is 0 Å². The lowest BCUT2D eigenvalue weighted by Gasteiger charge is -2.35. The van der Waals surface area contributed by atoms with E-state index in [0.717, 1.165) is 23.1 Å². The molecular weight excluding hydrogens is 268 g/mol. The molecule has 0 amide bonds. The molecule has 2 aromatic carbocycles. The Bertz CT molecular complexity index is 852. The number of hydrogen-bond donors (Lipinski definition) is 0. The molecule has 0 aromatic heterocycles. The molecule has 0 aliphatic heterocycles. The minimum atomic E-state index is -0.767. The van der Waals surface area contributed by atoms with Crippen LogP contribution in [0.3, 0.4) is 0 Å². The molecule has 0 N–H and O–H groups in total. The first-order valence-corrected chi connectivity index (χ1v) is 7.47. The Kier molecular flexibility index (Phi) is 2.68. The molecular formula is C20H14N2. The largest absolute Gasteiger partial charge is 0.198 e. The zero-order valence-electron chi connectivity index (χ0n) is 12.0. The van der Waals surface area contributed by atoms with Gasteiger partial charge in [0.15, 0.2) is 0 Å². The van der Waals surface area contributed by atoms with Crippen LogP contribution in [0.25, 0.3) is 6.08 Å². The zero-order chi connectivity index (χ0) is 15.2. The highest BCUT2D eigenvalue weighted by Gasteiger charge is 2.54. The van der Waals surface area contributed by atoms with Crippen LogP contribution in [0.15, 0.2) is 54.6 Å². The molecule has 22 heavy (non-hydrogen) atoms. The van der Waals surface area contributed by atoms with Crippen LogP contribution in [0.5, 0.6) is 0 Å². The minimum Gasteiger partial charge on any atom is -0.198 e. The van der Waals surface area contributed by atoms with Gasteiger partial charge in [-0.05, 0) is 28.7 Å². The van der Waals surface area contributed by atoms with Crippen molar-refractivity contribution in [1.29, 1.82) is 10.5 Å². The van der Waals surface area contributed by atoms with Crippen molar-refractivity contribution in [3.05, 3.63) is 76.9 Å². The Labute approximate surface area is 129 Å². The maximum atomic E-state index is 10.1. The maximum Gasteiger partial charge on any atom is 0.109 e. The topological polar surface area (TPSA) is 47.6 Å². The second-order valence-electron chi connectivity index (χ2n) is 6.00. The van der Waals surface area contributed by atoms with E-state index in [2.05, 4.69) is 30.3 Å². The zero-order valence-corrected chi connectivity index (χ0v) is 12.0. The van der Waals surface area contributed by atoms with Crippen molar-refractivity contribution in [3.63, 3.8) is 0 Å². The Balaban J connectivity index is 2.02. The van der Waals surface area contributed by atoms with Crippen LogP contribution in [-0.4, -0.2) is 0 Å². The van der Waals surface area contributed by atoms with Gasteiger partial charge in [0.2, 0.25) is 0 Å². The van der Waals surface area contributed by atoms with E-state index in [1.165, 1.54) is 5.56 Å². The number of nitriles is 2. The Morgan fingerprint density at radius 2 is 1.82 bits per heavy atom. The first-order chi connectivity index (χ1) is 10.8. The molecule has 2 aliphatic carbocycles. The highest BCUT2D eigenvalue weighted by atomic mass is 14.6. The normalized spacial score (nSPS) is 27.7. The van der Waals surface area contributed by atoms with E-state index in [0.29, 0.717) is 0 Å².